The topological polar surface area (TPSA) is 63.2 Å². The van der Waals surface area contributed by atoms with E-state index >= 15 is 0 Å². The van der Waals surface area contributed by atoms with Crippen LogP contribution < -0.4 is 0 Å². The third-order valence-electron chi connectivity index (χ3n) is 7.53. The van der Waals surface area contributed by atoms with Crippen LogP contribution in [0, 0.1) is 16.7 Å². The highest BCUT2D eigenvalue weighted by atomic mass is 16.7. The van der Waals surface area contributed by atoms with Crippen LogP contribution in [0.15, 0.2) is 0 Å². The maximum atomic E-state index is 12.6. The molecule has 2 saturated heterocycles. The van der Waals surface area contributed by atoms with Crippen molar-refractivity contribution in [2.24, 2.45) is 16.7 Å². The molecule has 6 nitrogen and oxygen atoms in total. The molecule has 2 aliphatic rings. The van der Waals surface area contributed by atoms with E-state index in [9.17, 15) is 4.79 Å². The van der Waals surface area contributed by atoms with E-state index in [1.54, 1.807) is 0 Å². The first-order valence-corrected chi connectivity index (χ1v) is 14.8. The molecule has 0 aromatic heterocycles. The van der Waals surface area contributed by atoms with Crippen molar-refractivity contribution in [1.29, 1.82) is 0 Å². The van der Waals surface area contributed by atoms with Crippen molar-refractivity contribution < 1.29 is 28.5 Å². The Bertz CT molecular complexity index is 536. The quantitative estimate of drug-likeness (QED) is 0.141. The van der Waals surface area contributed by atoms with Gasteiger partial charge >= 0.3 is 5.97 Å². The van der Waals surface area contributed by atoms with Crippen LogP contribution in [0.2, 0.25) is 0 Å². The second-order valence-electron chi connectivity index (χ2n) is 12.5. The first-order valence-electron chi connectivity index (χ1n) is 14.8. The normalized spacial score (nSPS) is 22.4. The molecule has 0 spiro atoms. The van der Waals surface area contributed by atoms with Crippen molar-refractivity contribution in [3.05, 3.63) is 0 Å². The van der Waals surface area contributed by atoms with Gasteiger partial charge in [0, 0.05) is 13.2 Å². The highest BCUT2D eigenvalue weighted by Crippen LogP contribution is 2.30. The fraction of sp³-hybridized carbons (Fsp3) is 0.967. The molecule has 0 amide bonds. The fourth-order valence-electron chi connectivity index (χ4n) is 5.10. The zero-order valence-electron chi connectivity index (χ0n) is 24.1. The Morgan fingerprint density at radius 1 is 0.778 bits per heavy atom. The highest BCUT2D eigenvalue weighted by molar-refractivity contribution is 5.72. The van der Waals surface area contributed by atoms with E-state index in [-0.39, 0.29) is 35.3 Å². The first-order chi connectivity index (χ1) is 17.2. The molecule has 2 aliphatic heterocycles. The van der Waals surface area contributed by atoms with Crippen LogP contribution in [0.1, 0.15) is 125 Å². The summed E-state index contributed by atoms with van der Waals surface area (Å²) in [5.41, 5.74) is 0.243. The van der Waals surface area contributed by atoms with Crippen molar-refractivity contribution in [3.8, 4) is 0 Å². The SMILES string of the molecule is CCOC(=O)C(CCCCC(C)(C)COC1CCCCO1)CCCCC(C)(C)COC1CCCCO1. The molecule has 0 radical (unpaired) electrons. The van der Waals surface area contributed by atoms with Gasteiger partial charge in [-0.2, -0.15) is 0 Å². The number of hydrogen-bond acceptors (Lipinski definition) is 6. The van der Waals surface area contributed by atoms with Crippen LogP contribution in [0.4, 0.5) is 0 Å². The number of esters is 1. The zero-order valence-corrected chi connectivity index (χ0v) is 24.1. The Kier molecular flexibility index (Phi) is 14.9. The molecule has 0 aromatic rings. The Morgan fingerprint density at radius 2 is 1.25 bits per heavy atom. The fourth-order valence-corrected chi connectivity index (χ4v) is 5.10. The van der Waals surface area contributed by atoms with Gasteiger partial charge in [-0.25, -0.2) is 0 Å². The molecular weight excluding hydrogens is 456 g/mol. The van der Waals surface area contributed by atoms with Crippen LogP contribution in [0.3, 0.4) is 0 Å². The molecule has 2 unspecified atom stereocenters. The summed E-state index contributed by atoms with van der Waals surface area (Å²) >= 11 is 0. The molecule has 6 heteroatoms. The molecule has 2 heterocycles. The van der Waals surface area contributed by atoms with Gasteiger partial charge in [-0.1, -0.05) is 53.4 Å². The van der Waals surface area contributed by atoms with Crippen LogP contribution in [-0.4, -0.2) is 51.6 Å². The van der Waals surface area contributed by atoms with Crippen LogP contribution in [0.25, 0.3) is 0 Å². The molecule has 0 aliphatic carbocycles. The molecule has 0 N–H and O–H groups in total. The van der Waals surface area contributed by atoms with Crippen molar-refractivity contribution in [2.45, 2.75) is 137 Å². The minimum absolute atomic E-state index is 0.00921. The monoisotopic (exact) mass is 512 g/mol. The van der Waals surface area contributed by atoms with Gasteiger partial charge in [0.2, 0.25) is 0 Å². The van der Waals surface area contributed by atoms with Gasteiger partial charge in [-0.3, -0.25) is 4.79 Å². The lowest BCUT2D eigenvalue weighted by atomic mass is 9.85. The second-order valence-corrected chi connectivity index (χ2v) is 12.5. The van der Waals surface area contributed by atoms with Crippen molar-refractivity contribution in [2.75, 3.05) is 33.0 Å². The van der Waals surface area contributed by atoms with E-state index in [1.165, 1.54) is 12.8 Å². The van der Waals surface area contributed by atoms with Gasteiger partial charge in [0.1, 0.15) is 0 Å². The average Bonchev–Trinajstić information content (AvgIpc) is 2.87. The number of rotatable bonds is 18. The molecule has 36 heavy (non-hydrogen) atoms. The third-order valence-corrected chi connectivity index (χ3v) is 7.53. The first kappa shape index (κ1) is 31.5. The number of carbonyl (C=O) groups is 1. The van der Waals surface area contributed by atoms with Crippen molar-refractivity contribution in [3.63, 3.8) is 0 Å². The summed E-state index contributed by atoms with van der Waals surface area (Å²) in [5, 5.41) is 0. The summed E-state index contributed by atoms with van der Waals surface area (Å²) in [6, 6.07) is 0. The summed E-state index contributed by atoms with van der Waals surface area (Å²) in [7, 11) is 0. The lowest BCUT2D eigenvalue weighted by Crippen LogP contribution is -2.28. The number of ether oxygens (including phenoxy) is 5. The van der Waals surface area contributed by atoms with E-state index in [0.29, 0.717) is 6.61 Å². The lowest BCUT2D eigenvalue weighted by Gasteiger charge is -2.30. The smallest absolute Gasteiger partial charge is 0.308 e. The Balaban J connectivity index is 1.64. The molecule has 0 aromatic carbocycles. The summed E-state index contributed by atoms with van der Waals surface area (Å²) in [6.07, 6.45) is 15.0. The van der Waals surface area contributed by atoms with Crippen LogP contribution >= 0.6 is 0 Å². The Morgan fingerprint density at radius 3 is 1.64 bits per heavy atom. The van der Waals surface area contributed by atoms with E-state index in [2.05, 4.69) is 27.7 Å². The maximum Gasteiger partial charge on any atom is 0.308 e. The molecule has 2 atom stereocenters. The molecule has 212 valence electrons. The highest BCUT2D eigenvalue weighted by Gasteiger charge is 2.25. The van der Waals surface area contributed by atoms with E-state index in [4.69, 9.17) is 23.7 Å². The Hall–Kier alpha value is -0.690. The second kappa shape index (κ2) is 17.0. The van der Waals surface area contributed by atoms with Crippen molar-refractivity contribution in [1.82, 2.24) is 0 Å². The molecule has 0 bridgehead atoms. The largest absolute Gasteiger partial charge is 0.466 e. The number of carbonyl (C=O) groups excluding carboxylic acids is 1. The number of unbranched alkanes of at least 4 members (excludes halogenated alkanes) is 2. The summed E-state index contributed by atoms with van der Waals surface area (Å²) < 4.78 is 28.9. The van der Waals surface area contributed by atoms with Gasteiger partial charge in [0.25, 0.3) is 0 Å². The molecule has 0 saturated carbocycles. The molecule has 2 rings (SSSR count). The van der Waals surface area contributed by atoms with Gasteiger partial charge < -0.3 is 23.7 Å². The zero-order chi connectivity index (χ0) is 26.3. The lowest BCUT2D eigenvalue weighted by molar-refractivity contribution is -0.176. The summed E-state index contributed by atoms with van der Waals surface area (Å²) in [4.78, 5) is 12.6. The van der Waals surface area contributed by atoms with Gasteiger partial charge in [-0.05, 0) is 82.0 Å². The molecule has 2 fully saturated rings. The van der Waals surface area contributed by atoms with E-state index < -0.39 is 0 Å². The minimum Gasteiger partial charge on any atom is -0.466 e. The minimum atomic E-state index is -0.0247. The van der Waals surface area contributed by atoms with Gasteiger partial charge in [0.05, 0.1) is 25.7 Å². The third kappa shape index (κ3) is 13.7. The summed E-state index contributed by atoms with van der Waals surface area (Å²) in [5.74, 6) is -0.0125. The van der Waals surface area contributed by atoms with Crippen LogP contribution in [-0.2, 0) is 28.5 Å². The Labute approximate surface area is 221 Å². The van der Waals surface area contributed by atoms with Crippen molar-refractivity contribution >= 4 is 5.97 Å². The van der Waals surface area contributed by atoms with E-state index in [0.717, 1.165) is 103 Å². The molecular formula is C30H56O6. The predicted octanol–water partition coefficient (Wildman–Crippen LogP) is 7.43. The van der Waals surface area contributed by atoms with Crippen LogP contribution in [0.5, 0.6) is 0 Å². The predicted molar refractivity (Wildman–Crippen MR) is 144 cm³/mol. The number of hydrogen-bond donors (Lipinski definition) is 0. The van der Waals surface area contributed by atoms with Gasteiger partial charge in [-0.15, -0.1) is 0 Å². The summed E-state index contributed by atoms with van der Waals surface area (Å²) in [6.45, 7) is 14.5. The average molecular weight is 513 g/mol. The van der Waals surface area contributed by atoms with E-state index in [1.807, 2.05) is 6.92 Å². The standard InChI is InChI=1S/C30H56O6/c1-6-32-28(31)25(15-7-11-19-29(2,3)23-35-26-17-9-13-21-33-26)16-8-12-20-30(4,5)24-36-27-18-10-14-22-34-27/h25-27H,6-24H2,1-5H3. The van der Waals surface area contributed by atoms with Gasteiger partial charge in [0.15, 0.2) is 12.6 Å². The maximum absolute atomic E-state index is 12.6.